The molecule has 1 aromatic heterocycles. The lowest BCUT2D eigenvalue weighted by molar-refractivity contribution is 0.102. The van der Waals surface area contributed by atoms with Crippen LogP contribution in [-0.4, -0.2) is 37.1 Å². The van der Waals surface area contributed by atoms with Crippen molar-refractivity contribution in [3.05, 3.63) is 53.2 Å². The maximum Gasteiger partial charge on any atom is 0.256 e. The molecular formula is C18H21ClN4O2. The largest absolute Gasteiger partial charge is 0.372 e. The molecule has 2 N–H and O–H groups in total. The molecule has 0 bridgehead atoms. The smallest absolute Gasteiger partial charge is 0.256 e. The maximum absolute atomic E-state index is 12.4. The fourth-order valence-electron chi connectivity index (χ4n) is 3.07. The highest BCUT2D eigenvalue weighted by atomic mass is 35.5. The number of anilines is 2. The van der Waals surface area contributed by atoms with Gasteiger partial charge >= 0.3 is 0 Å². The summed E-state index contributed by atoms with van der Waals surface area (Å²) in [5.74, 6) is 0.419. The highest BCUT2D eigenvalue weighted by molar-refractivity contribution is 6.04. The van der Waals surface area contributed by atoms with E-state index in [2.05, 4.69) is 20.5 Å². The van der Waals surface area contributed by atoms with Gasteiger partial charge in [-0.25, -0.2) is 4.98 Å². The number of aromatic nitrogens is 1. The summed E-state index contributed by atoms with van der Waals surface area (Å²) in [5, 5.41) is 6.19. The van der Waals surface area contributed by atoms with Crippen molar-refractivity contribution in [1.82, 2.24) is 10.3 Å². The zero-order valence-corrected chi connectivity index (χ0v) is 14.6. The molecule has 0 unspecified atom stereocenters. The number of rotatable bonds is 3. The fraction of sp³-hybridized carbons (Fsp3) is 0.333. The second-order valence-electron chi connectivity index (χ2n) is 6.07. The standard InChI is InChI=1S/C18H20N4O2.ClH/c23-18(13-1-2-14-11-24-12-15(14)9-13)21-17-4-3-16(10-20-17)22-7-5-19-6-8-22;/h1-4,9-10,19H,5-8,11-12H2,(H,20,21,23);1H. The summed E-state index contributed by atoms with van der Waals surface area (Å²) in [6.45, 7) is 5.14. The van der Waals surface area contributed by atoms with Gasteiger partial charge in [0.15, 0.2) is 0 Å². The van der Waals surface area contributed by atoms with Gasteiger partial charge in [0.2, 0.25) is 0 Å². The van der Waals surface area contributed by atoms with Gasteiger partial charge in [-0.1, -0.05) is 6.07 Å². The van der Waals surface area contributed by atoms with E-state index in [9.17, 15) is 4.79 Å². The predicted octanol–water partition coefficient (Wildman–Crippen LogP) is 2.20. The second-order valence-corrected chi connectivity index (χ2v) is 6.07. The topological polar surface area (TPSA) is 66.5 Å². The average Bonchev–Trinajstić information content (AvgIpc) is 3.11. The Kier molecular flexibility index (Phi) is 5.53. The first-order chi connectivity index (χ1) is 11.8. The van der Waals surface area contributed by atoms with Gasteiger partial charge in [-0.15, -0.1) is 12.4 Å². The van der Waals surface area contributed by atoms with E-state index in [4.69, 9.17) is 4.74 Å². The van der Waals surface area contributed by atoms with Crippen LogP contribution in [0.4, 0.5) is 11.5 Å². The lowest BCUT2D eigenvalue weighted by atomic mass is 10.1. The molecule has 25 heavy (non-hydrogen) atoms. The molecule has 2 aliphatic rings. The molecule has 2 aliphatic heterocycles. The Labute approximate surface area is 153 Å². The third-order valence-corrected chi connectivity index (χ3v) is 4.46. The Hall–Kier alpha value is -2.15. The summed E-state index contributed by atoms with van der Waals surface area (Å²) in [7, 11) is 0. The van der Waals surface area contributed by atoms with E-state index < -0.39 is 0 Å². The fourth-order valence-corrected chi connectivity index (χ4v) is 3.07. The first-order valence-electron chi connectivity index (χ1n) is 8.22. The van der Waals surface area contributed by atoms with Crippen molar-refractivity contribution in [2.75, 3.05) is 36.4 Å². The number of hydrogen-bond acceptors (Lipinski definition) is 5. The van der Waals surface area contributed by atoms with Crippen LogP contribution in [0.2, 0.25) is 0 Å². The molecule has 0 saturated carbocycles. The number of carbonyl (C=O) groups excluding carboxylic acids is 1. The van der Waals surface area contributed by atoms with E-state index in [-0.39, 0.29) is 18.3 Å². The summed E-state index contributed by atoms with van der Waals surface area (Å²) in [6, 6.07) is 9.54. The highest BCUT2D eigenvalue weighted by Gasteiger charge is 2.15. The minimum atomic E-state index is -0.146. The van der Waals surface area contributed by atoms with E-state index >= 15 is 0 Å². The number of benzene rings is 1. The number of nitrogens with zero attached hydrogens (tertiary/aromatic N) is 2. The van der Waals surface area contributed by atoms with Gasteiger partial charge in [0.05, 0.1) is 25.1 Å². The van der Waals surface area contributed by atoms with Crippen molar-refractivity contribution in [3.63, 3.8) is 0 Å². The van der Waals surface area contributed by atoms with Crippen LogP contribution in [0.15, 0.2) is 36.5 Å². The Morgan fingerprint density at radius 3 is 2.68 bits per heavy atom. The van der Waals surface area contributed by atoms with Crippen LogP contribution in [0.25, 0.3) is 0 Å². The van der Waals surface area contributed by atoms with Crippen LogP contribution in [0, 0.1) is 0 Å². The average molecular weight is 361 g/mol. The summed E-state index contributed by atoms with van der Waals surface area (Å²) < 4.78 is 5.39. The zero-order chi connectivity index (χ0) is 16.4. The Bertz CT molecular complexity index is 745. The van der Waals surface area contributed by atoms with Crippen LogP contribution in [0.5, 0.6) is 0 Å². The molecule has 1 aromatic carbocycles. The van der Waals surface area contributed by atoms with Gasteiger partial charge in [-0.2, -0.15) is 0 Å². The van der Waals surface area contributed by atoms with Gasteiger partial charge < -0.3 is 20.3 Å². The van der Waals surface area contributed by atoms with E-state index in [0.29, 0.717) is 24.6 Å². The number of amides is 1. The molecule has 132 valence electrons. The van der Waals surface area contributed by atoms with Crippen LogP contribution < -0.4 is 15.5 Å². The molecule has 4 rings (SSSR count). The maximum atomic E-state index is 12.4. The summed E-state index contributed by atoms with van der Waals surface area (Å²) in [6.07, 6.45) is 1.82. The minimum Gasteiger partial charge on any atom is -0.372 e. The summed E-state index contributed by atoms with van der Waals surface area (Å²) in [5.41, 5.74) is 3.96. The molecule has 7 heteroatoms. The van der Waals surface area contributed by atoms with Gasteiger partial charge in [0, 0.05) is 31.7 Å². The second kappa shape index (κ2) is 7.82. The Morgan fingerprint density at radius 1 is 1.12 bits per heavy atom. The number of piperazine rings is 1. The third-order valence-electron chi connectivity index (χ3n) is 4.46. The van der Waals surface area contributed by atoms with Crippen molar-refractivity contribution in [1.29, 1.82) is 0 Å². The molecule has 1 amide bonds. The van der Waals surface area contributed by atoms with Crippen molar-refractivity contribution in [2.24, 2.45) is 0 Å². The first-order valence-corrected chi connectivity index (χ1v) is 8.22. The molecule has 3 heterocycles. The van der Waals surface area contributed by atoms with Crippen molar-refractivity contribution in [2.45, 2.75) is 13.2 Å². The van der Waals surface area contributed by atoms with E-state index in [0.717, 1.165) is 43.0 Å². The first kappa shape index (κ1) is 17.7. The SMILES string of the molecule is Cl.O=C(Nc1ccc(N2CCNCC2)cn1)c1ccc2c(c1)COC2. The van der Waals surface area contributed by atoms with Crippen LogP contribution in [0.3, 0.4) is 0 Å². The van der Waals surface area contributed by atoms with Crippen molar-refractivity contribution < 1.29 is 9.53 Å². The van der Waals surface area contributed by atoms with E-state index in [1.807, 2.05) is 36.5 Å². The molecule has 0 aliphatic carbocycles. The molecule has 1 fully saturated rings. The number of nitrogens with one attached hydrogen (secondary N) is 2. The lowest BCUT2D eigenvalue weighted by Gasteiger charge is -2.29. The molecular weight excluding hydrogens is 340 g/mol. The molecule has 6 nitrogen and oxygen atoms in total. The van der Waals surface area contributed by atoms with Crippen LogP contribution in [-0.2, 0) is 18.0 Å². The Balaban J connectivity index is 0.00000182. The number of pyridine rings is 1. The number of carbonyl (C=O) groups is 1. The highest BCUT2D eigenvalue weighted by Crippen LogP contribution is 2.21. The number of halogens is 1. The molecule has 2 aromatic rings. The molecule has 1 saturated heterocycles. The van der Waals surface area contributed by atoms with E-state index in [1.165, 1.54) is 0 Å². The lowest BCUT2D eigenvalue weighted by Crippen LogP contribution is -2.43. The summed E-state index contributed by atoms with van der Waals surface area (Å²) >= 11 is 0. The van der Waals surface area contributed by atoms with Crippen LogP contribution in [0.1, 0.15) is 21.5 Å². The monoisotopic (exact) mass is 360 g/mol. The minimum absolute atomic E-state index is 0. The van der Waals surface area contributed by atoms with Crippen molar-refractivity contribution in [3.8, 4) is 0 Å². The molecule has 0 spiro atoms. The van der Waals surface area contributed by atoms with Gasteiger partial charge in [0.25, 0.3) is 5.91 Å². The number of ether oxygens (including phenoxy) is 1. The van der Waals surface area contributed by atoms with Gasteiger partial charge in [-0.05, 0) is 35.4 Å². The predicted molar refractivity (Wildman–Crippen MR) is 99.5 cm³/mol. The van der Waals surface area contributed by atoms with Crippen molar-refractivity contribution >= 4 is 29.8 Å². The third kappa shape index (κ3) is 3.92. The quantitative estimate of drug-likeness (QED) is 0.878. The normalized spacial score (nSPS) is 16.1. The zero-order valence-electron chi connectivity index (χ0n) is 13.8. The summed E-state index contributed by atoms with van der Waals surface area (Å²) in [4.78, 5) is 19.1. The molecule has 0 radical (unpaired) electrons. The van der Waals surface area contributed by atoms with E-state index in [1.54, 1.807) is 0 Å². The number of fused-ring (bicyclic) bond motifs is 1. The van der Waals surface area contributed by atoms with Gasteiger partial charge in [0.1, 0.15) is 5.82 Å². The number of hydrogen-bond donors (Lipinski definition) is 2. The van der Waals surface area contributed by atoms with Crippen LogP contribution >= 0.6 is 12.4 Å². The Morgan fingerprint density at radius 2 is 1.92 bits per heavy atom. The molecule has 0 atom stereocenters. The van der Waals surface area contributed by atoms with Gasteiger partial charge in [-0.3, -0.25) is 4.79 Å².